The number of hydrogen-bond donors (Lipinski definition) is 2. The predicted molar refractivity (Wildman–Crippen MR) is 60.2 cm³/mol. The van der Waals surface area contributed by atoms with Gasteiger partial charge in [-0.05, 0) is 25.7 Å². The second-order valence-corrected chi connectivity index (χ2v) is 4.78. The van der Waals surface area contributed by atoms with Gasteiger partial charge in [0.1, 0.15) is 11.0 Å². The minimum absolute atomic E-state index is 0.237. The van der Waals surface area contributed by atoms with Gasteiger partial charge in [0.25, 0.3) is 0 Å². The van der Waals surface area contributed by atoms with E-state index in [1.54, 1.807) is 13.1 Å². The van der Waals surface area contributed by atoms with Crippen molar-refractivity contribution >= 4 is 11.6 Å². The Labute approximate surface area is 99.3 Å². The van der Waals surface area contributed by atoms with Crippen molar-refractivity contribution in [3.8, 4) is 0 Å². The summed E-state index contributed by atoms with van der Waals surface area (Å²) in [4.78, 5) is 8.25. The summed E-state index contributed by atoms with van der Waals surface area (Å²) in [5.74, 6) is -0.613. The van der Waals surface area contributed by atoms with Gasteiger partial charge in [0.15, 0.2) is 5.79 Å². The molecule has 0 radical (unpaired) electrons. The maximum atomic E-state index is 9.44. The largest absolute Gasteiger partial charge is 0.366 e. The molecule has 1 aromatic rings. The highest BCUT2D eigenvalue weighted by atomic mass is 35.5. The summed E-state index contributed by atoms with van der Waals surface area (Å²) < 4.78 is 0. The number of aromatic nitrogens is 2. The summed E-state index contributed by atoms with van der Waals surface area (Å²) in [6, 6.07) is 0. The van der Waals surface area contributed by atoms with Crippen molar-refractivity contribution < 1.29 is 10.2 Å². The zero-order valence-electron chi connectivity index (χ0n) is 9.15. The fourth-order valence-electron chi connectivity index (χ4n) is 2.12. The average Bonchev–Trinajstić information content (AvgIpc) is 2.19. The smallest absolute Gasteiger partial charge is 0.162 e. The van der Waals surface area contributed by atoms with Gasteiger partial charge in [-0.3, -0.25) is 0 Å². The van der Waals surface area contributed by atoms with Gasteiger partial charge in [0.2, 0.25) is 0 Å². The summed E-state index contributed by atoms with van der Waals surface area (Å²) in [5.41, 5.74) is 0.919. The van der Waals surface area contributed by atoms with Gasteiger partial charge in [-0.2, -0.15) is 0 Å². The minimum Gasteiger partial charge on any atom is -0.366 e. The topological polar surface area (TPSA) is 66.2 Å². The fraction of sp³-hybridized carbons (Fsp3) is 0.636. The SMILES string of the molecule is Cc1ncc(C2CCC(O)(O)CC2)c(Cl)n1. The minimum atomic E-state index is -1.51. The van der Waals surface area contributed by atoms with Crippen LogP contribution in [0.15, 0.2) is 6.20 Å². The molecule has 0 aromatic carbocycles. The Balaban J connectivity index is 2.14. The number of nitrogens with zero attached hydrogens (tertiary/aromatic N) is 2. The lowest BCUT2D eigenvalue weighted by Crippen LogP contribution is -2.32. The molecule has 5 heteroatoms. The van der Waals surface area contributed by atoms with Crippen molar-refractivity contribution in [2.45, 2.75) is 44.3 Å². The molecular weight excluding hydrogens is 228 g/mol. The van der Waals surface area contributed by atoms with Crippen molar-refractivity contribution in [1.82, 2.24) is 9.97 Å². The highest BCUT2D eigenvalue weighted by Gasteiger charge is 2.32. The third-order valence-corrected chi connectivity index (χ3v) is 3.42. The molecule has 4 nitrogen and oxygen atoms in total. The summed E-state index contributed by atoms with van der Waals surface area (Å²) >= 11 is 6.06. The van der Waals surface area contributed by atoms with Crippen LogP contribution in [0.3, 0.4) is 0 Å². The van der Waals surface area contributed by atoms with Gasteiger partial charge in [-0.1, -0.05) is 11.6 Å². The number of halogens is 1. The summed E-state index contributed by atoms with van der Waals surface area (Å²) in [5, 5.41) is 19.4. The van der Waals surface area contributed by atoms with E-state index in [4.69, 9.17) is 11.6 Å². The standard InChI is InChI=1S/C11H15ClN2O2/c1-7-13-6-9(10(12)14-7)8-2-4-11(15,16)5-3-8/h6,8,15-16H,2-5H2,1H3. The molecule has 0 spiro atoms. The third kappa shape index (κ3) is 2.51. The lowest BCUT2D eigenvalue weighted by molar-refractivity contribution is -0.182. The van der Waals surface area contributed by atoms with Crippen LogP contribution in [0.1, 0.15) is 43.0 Å². The molecule has 0 unspecified atom stereocenters. The lowest BCUT2D eigenvalue weighted by atomic mass is 9.82. The molecular formula is C11H15ClN2O2. The zero-order valence-corrected chi connectivity index (χ0v) is 9.91. The number of rotatable bonds is 1. The Kier molecular flexibility index (Phi) is 3.15. The Hall–Kier alpha value is -0.710. The molecule has 1 aliphatic rings. The maximum absolute atomic E-state index is 9.44. The molecule has 0 saturated heterocycles. The van der Waals surface area contributed by atoms with Crippen LogP contribution in [-0.2, 0) is 0 Å². The molecule has 1 saturated carbocycles. The molecule has 88 valence electrons. The van der Waals surface area contributed by atoms with E-state index in [1.807, 2.05) is 0 Å². The van der Waals surface area contributed by atoms with Crippen molar-refractivity contribution in [2.75, 3.05) is 0 Å². The van der Waals surface area contributed by atoms with E-state index < -0.39 is 5.79 Å². The van der Waals surface area contributed by atoms with Gasteiger partial charge < -0.3 is 10.2 Å². The second kappa shape index (κ2) is 4.28. The van der Waals surface area contributed by atoms with Gasteiger partial charge >= 0.3 is 0 Å². The average molecular weight is 243 g/mol. The molecule has 2 N–H and O–H groups in total. The lowest BCUT2D eigenvalue weighted by Gasteiger charge is -2.31. The molecule has 1 heterocycles. The van der Waals surface area contributed by atoms with E-state index in [2.05, 4.69) is 9.97 Å². The Morgan fingerprint density at radius 1 is 1.38 bits per heavy atom. The van der Waals surface area contributed by atoms with Gasteiger partial charge in [-0.25, -0.2) is 9.97 Å². The summed E-state index contributed by atoms with van der Waals surface area (Å²) in [7, 11) is 0. The van der Waals surface area contributed by atoms with Crippen molar-refractivity contribution in [3.63, 3.8) is 0 Å². The number of hydrogen-bond acceptors (Lipinski definition) is 4. The first kappa shape index (κ1) is 11.8. The molecule has 0 aliphatic heterocycles. The molecule has 0 atom stereocenters. The first-order valence-corrected chi connectivity index (χ1v) is 5.79. The maximum Gasteiger partial charge on any atom is 0.162 e. The predicted octanol–water partition coefficient (Wildman–Crippen LogP) is 1.78. The van der Waals surface area contributed by atoms with Crippen LogP contribution in [0.4, 0.5) is 0 Å². The van der Waals surface area contributed by atoms with Crippen LogP contribution in [0.25, 0.3) is 0 Å². The monoisotopic (exact) mass is 242 g/mol. The Morgan fingerprint density at radius 2 is 2.00 bits per heavy atom. The van der Waals surface area contributed by atoms with Crippen molar-refractivity contribution in [2.24, 2.45) is 0 Å². The molecule has 1 aliphatic carbocycles. The van der Waals surface area contributed by atoms with E-state index in [9.17, 15) is 10.2 Å². The van der Waals surface area contributed by atoms with E-state index in [1.165, 1.54) is 0 Å². The molecule has 0 bridgehead atoms. The zero-order chi connectivity index (χ0) is 11.8. The molecule has 1 aromatic heterocycles. The van der Waals surface area contributed by atoms with E-state index >= 15 is 0 Å². The first-order valence-electron chi connectivity index (χ1n) is 5.42. The van der Waals surface area contributed by atoms with E-state index in [0.29, 0.717) is 36.7 Å². The first-order chi connectivity index (χ1) is 7.48. The summed E-state index contributed by atoms with van der Waals surface area (Å²) in [6.07, 6.45) is 3.92. The van der Waals surface area contributed by atoms with Gasteiger partial charge in [0.05, 0.1) is 0 Å². The molecule has 1 fully saturated rings. The Morgan fingerprint density at radius 3 is 2.56 bits per heavy atom. The third-order valence-electron chi connectivity index (χ3n) is 3.11. The second-order valence-electron chi connectivity index (χ2n) is 4.42. The van der Waals surface area contributed by atoms with Crippen LogP contribution in [0.5, 0.6) is 0 Å². The summed E-state index contributed by atoms with van der Waals surface area (Å²) in [6.45, 7) is 1.79. The van der Waals surface area contributed by atoms with E-state index in [0.717, 1.165) is 5.56 Å². The fourth-order valence-corrected chi connectivity index (χ4v) is 2.44. The number of aryl methyl sites for hydroxylation is 1. The quantitative estimate of drug-likeness (QED) is 0.582. The highest BCUT2D eigenvalue weighted by molar-refractivity contribution is 6.30. The van der Waals surface area contributed by atoms with Crippen LogP contribution < -0.4 is 0 Å². The van der Waals surface area contributed by atoms with Gasteiger partial charge in [-0.15, -0.1) is 0 Å². The molecule has 16 heavy (non-hydrogen) atoms. The van der Waals surface area contributed by atoms with E-state index in [-0.39, 0.29) is 5.92 Å². The van der Waals surface area contributed by atoms with Crippen molar-refractivity contribution in [1.29, 1.82) is 0 Å². The number of aliphatic hydroxyl groups is 2. The van der Waals surface area contributed by atoms with Crippen LogP contribution >= 0.6 is 11.6 Å². The molecule has 2 rings (SSSR count). The van der Waals surface area contributed by atoms with Crippen LogP contribution in [-0.4, -0.2) is 26.0 Å². The highest BCUT2D eigenvalue weighted by Crippen LogP contribution is 2.38. The molecule has 0 amide bonds. The van der Waals surface area contributed by atoms with Crippen LogP contribution in [0.2, 0.25) is 5.15 Å². The van der Waals surface area contributed by atoms with Crippen LogP contribution in [0, 0.1) is 6.92 Å². The van der Waals surface area contributed by atoms with Crippen molar-refractivity contribution in [3.05, 3.63) is 22.7 Å². The van der Waals surface area contributed by atoms with Gasteiger partial charge in [0, 0.05) is 24.6 Å². The normalized spacial score (nSPS) is 21.0. The Bertz CT molecular complexity index is 386.